The summed E-state index contributed by atoms with van der Waals surface area (Å²) < 4.78 is 0. The van der Waals surface area contributed by atoms with Crippen LogP contribution in [0.15, 0.2) is 11.6 Å². The molecular formula is C13H21NO3. The minimum absolute atomic E-state index is 0.297. The van der Waals surface area contributed by atoms with E-state index in [0.29, 0.717) is 12.8 Å². The number of nitrogens with one attached hydrogen (secondary N) is 1. The molecule has 1 fully saturated rings. The molecule has 0 unspecified atom stereocenters. The molecule has 0 spiro atoms. The van der Waals surface area contributed by atoms with Crippen LogP contribution in [0.25, 0.3) is 0 Å². The van der Waals surface area contributed by atoms with Crippen LogP contribution in [0.4, 0.5) is 0 Å². The Labute approximate surface area is 102 Å². The van der Waals surface area contributed by atoms with Crippen molar-refractivity contribution >= 4 is 11.9 Å². The lowest BCUT2D eigenvalue weighted by Crippen LogP contribution is -2.53. The summed E-state index contributed by atoms with van der Waals surface area (Å²) in [6.45, 7) is 3.64. The Bertz CT molecular complexity index is 322. The van der Waals surface area contributed by atoms with Crippen molar-refractivity contribution in [2.45, 2.75) is 57.9 Å². The van der Waals surface area contributed by atoms with Gasteiger partial charge in [-0.1, -0.05) is 31.3 Å². The molecule has 0 radical (unpaired) electrons. The topological polar surface area (TPSA) is 66.4 Å². The maximum atomic E-state index is 11.7. The molecule has 17 heavy (non-hydrogen) atoms. The van der Waals surface area contributed by atoms with E-state index in [1.807, 2.05) is 13.8 Å². The zero-order chi connectivity index (χ0) is 12.9. The van der Waals surface area contributed by atoms with Crippen molar-refractivity contribution in [2.75, 3.05) is 0 Å². The molecule has 1 aliphatic carbocycles. The molecule has 0 heterocycles. The fourth-order valence-corrected chi connectivity index (χ4v) is 2.26. The standard InChI is InChI=1S/C13H21NO3/c1-10(2)9-11(15)14-13(12(16)17)7-5-3-4-6-8-13/h9H,3-8H2,1-2H3,(H,14,15)(H,16,17). The van der Waals surface area contributed by atoms with Gasteiger partial charge in [0.1, 0.15) is 5.54 Å². The summed E-state index contributed by atoms with van der Waals surface area (Å²) in [5, 5.41) is 12.0. The lowest BCUT2D eigenvalue weighted by Gasteiger charge is -2.28. The third kappa shape index (κ3) is 3.88. The van der Waals surface area contributed by atoms with Gasteiger partial charge in [-0.2, -0.15) is 0 Å². The van der Waals surface area contributed by atoms with Crippen molar-refractivity contribution in [3.63, 3.8) is 0 Å². The van der Waals surface area contributed by atoms with E-state index >= 15 is 0 Å². The van der Waals surface area contributed by atoms with E-state index < -0.39 is 11.5 Å². The highest BCUT2D eigenvalue weighted by Crippen LogP contribution is 2.27. The van der Waals surface area contributed by atoms with Gasteiger partial charge in [-0.3, -0.25) is 4.79 Å². The van der Waals surface area contributed by atoms with E-state index in [1.54, 1.807) is 0 Å². The SMILES string of the molecule is CC(C)=CC(=O)NC1(C(=O)O)CCCCCC1. The van der Waals surface area contributed by atoms with Crippen molar-refractivity contribution in [1.29, 1.82) is 0 Å². The first-order chi connectivity index (χ1) is 7.96. The summed E-state index contributed by atoms with van der Waals surface area (Å²) in [7, 11) is 0. The number of rotatable bonds is 3. The molecule has 0 aromatic rings. The normalized spacial score (nSPS) is 18.9. The van der Waals surface area contributed by atoms with Gasteiger partial charge in [-0.05, 0) is 26.7 Å². The zero-order valence-electron chi connectivity index (χ0n) is 10.6. The summed E-state index contributed by atoms with van der Waals surface area (Å²) in [6.07, 6.45) is 6.34. The molecular weight excluding hydrogens is 218 g/mol. The Morgan fingerprint density at radius 2 is 1.65 bits per heavy atom. The van der Waals surface area contributed by atoms with Gasteiger partial charge >= 0.3 is 5.97 Å². The first kappa shape index (κ1) is 13.7. The van der Waals surface area contributed by atoms with Crippen LogP contribution >= 0.6 is 0 Å². The monoisotopic (exact) mass is 239 g/mol. The highest BCUT2D eigenvalue weighted by atomic mass is 16.4. The molecule has 1 amide bonds. The summed E-state index contributed by atoms with van der Waals surface area (Å²) in [4.78, 5) is 23.1. The maximum Gasteiger partial charge on any atom is 0.329 e. The molecule has 1 rings (SSSR count). The minimum Gasteiger partial charge on any atom is -0.480 e. The van der Waals surface area contributed by atoms with E-state index in [4.69, 9.17) is 0 Å². The minimum atomic E-state index is -1.06. The molecule has 0 aromatic carbocycles. The second-order valence-corrected chi connectivity index (χ2v) is 5.01. The third-order valence-electron chi connectivity index (χ3n) is 3.15. The molecule has 0 bridgehead atoms. The second kappa shape index (κ2) is 5.84. The lowest BCUT2D eigenvalue weighted by atomic mass is 9.90. The molecule has 1 aliphatic rings. The number of hydrogen-bond donors (Lipinski definition) is 2. The Kier molecular flexibility index (Phi) is 4.73. The number of hydrogen-bond acceptors (Lipinski definition) is 2. The molecule has 4 nitrogen and oxygen atoms in total. The summed E-state index contributed by atoms with van der Waals surface area (Å²) in [5.41, 5.74) is -0.184. The Hall–Kier alpha value is -1.32. The van der Waals surface area contributed by atoms with Crippen LogP contribution in [0.1, 0.15) is 52.4 Å². The van der Waals surface area contributed by atoms with Crippen molar-refractivity contribution in [2.24, 2.45) is 0 Å². The van der Waals surface area contributed by atoms with E-state index in [-0.39, 0.29) is 5.91 Å². The van der Waals surface area contributed by atoms with Gasteiger partial charge in [0.25, 0.3) is 0 Å². The van der Waals surface area contributed by atoms with Gasteiger partial charge in [0, 0.05) is 6.08 Å². The second-order valence-electron chi connectivity index (χ2n) is 5.01. The summed E-state index contributed by atoms with van der Waals surface area (Å²) in [6, 6.07) is 0. The fourth-order valence-electron chi connectivity index (χ4n) is 2.26. The quantitative estimate of drug-likeness (QED) is 0.586. The highest BCUT2D eigenvalue weighted by Gasteiger charge is 2.39. The maximum absolute atomic E-state index is 11.7. The van der Waals surface area contributed by atoms with Crippen LogP contribution in [0.5, 0.6) is 0 Å². The molecule has 0 saturated heterocycles. The Balaban J connectivity index is 2.80. The van der Waals surface area contributed by atoms with Crippen LogP contribution in [-0.2, 0) is 9.59 Å². The largest absolute Gasteiger partial charge is 0.480 e. The first-order valence-electron chi connectivity index (χ1n) is 6.17. The van der Waals surface area contributed by atoms with Gasteiger partial charge in [-0.15, -0.1) is 0 Å². The number of aliphatic carboxylic acids is 1. The molecule has 0 aromatic heterocycles. The Morgan fingerprint density at radius 3 is 2.06 bits per heavy atom. The predicted molar refractivity (Wildman–Crippen MR) is 65.6 cm³/mol. The van der Waals surface area contributed by atoms with Crippen LogP contribution in [-0.4, -0.2) is 22.5 Å². The summed E-state index contributed by atoms with van der Waals surface area (Å²) in [5.74, 6) is -1.20. The molecule has 4 heteroatoms. The van der Waals surface area contributed by atoms with Crippen molar-refractivity contribution in [3.05, 3.63) is 11.6 Å². The summed E-state index contributed by atoms with van der Waals surface area (Å²) >= 11 is 0. The average molecular weight is 239 g/mol. The van der Waals surface area contributed by atoms with E-state index in [1.165, 1.54) is 6.08 Å². The molecule has 96 valence electrons. The average Bonchev–Trinajstić information content (AvgIpc) is 2.42. The lowest BCUT2D eigenvalue weighted by molar-refractivity contribution is -0.147. The third-order valence-corrected chi connectivity index (χ3v) is 3.15. The van der Waals surface area contributed by atoms with Crippen molar-refractivity contribution < 1.29 is 14.7 Å². The van der Waals surface area contributed by atoms with Crippen molar-refractivity contribution in [1.82, 2.24) is 5.32 Å². The number of carboxylic acid groups (broad SMARTS) is 1. The predicted octanol–water partition coefficient (Wildman–Crippen LogP) is 2.25. The molecule has 2 N–H and O–H groups in total. The van der Waals surface area contributed by atoms with Crippen LogP contribution in [0.2, 0.25) is 0 Å². The van der Waals surface area contributed by atoms with E-state index in [0.717, 1.165) is 31.3 Å². The smallest absolute Gasteiger partial charge is 0.329 e. The number of allylic oxidation sites excluding steroid dienone is 1. The highest BCUT2D eigenvalue weighted by molar-refractivity contribution is 5.93. The number of carbonyl (C=O) groups excluding carboxylic acids is 1. The first-order valence-corrected chi connectivity index (χ1v) is 6.17. The molecule has 0 aliphatic heterocycles. The van der Waals surface area contributed by atoms with Crippen molar-refractivity contribution in [3.8, 4) is 0 Å². The van der Waals surface area contributed by atoms with Crippen LogP contribution in [0, 0.1) is 0 Å². The number of amides is 1. The van der Waals surface area contributed by atoms with E-state index in [9.17, 15) is 14.7 Å². The van der Waals surface area contributed by atoms with E-state index in [2.05, 4.69) is 5.32 Å². The molecule has 0 atom stereocenters. The van der Waals surface area contributed by atoms with Gasteiger partial charge in [0.05, 0.1) is 0 Å². The Morgan fingerprint density at radius 1 is 1.12 bits per heavy atom. The van der Waals surface area contributed by atoms with Gasteiger partial charge in [-0.25, -0.2) is 4.79 Å². The van der Waals surface area contributed by atoms with Gasteiger partial charge in [0.15, 0.2) is 0 Å². The zero-order valence-corrected chi connectivity index (χ0v) is 10.6. The molecule has 1 saturated carbocycles. The van der Waals surface area contributed by atoms with Gasteiger partial charge < -0.3 is 10.4 Å². The number of carbonyl (C=O) groups is 2. The van der Waals surface area contributed by atoms with Crippen LogP contribution < -0.4 is 5.32 Å². The van der Waals surface area contributed by atoms with Gasteiger partial charge in [0.2, 0.25) is 5.91 Å². The number of carboxylic acids is 1. The van der Waals surface area contributed by atoms with Crippen LogP contribution in [0.3, 0.4) is 0 Å². The fraction of sp³-hybridized carbons (Fsp3) is 0.692.